The number of para-hydroxylation sites is 2. The number of benzene rings is 2. The highest BCUT2D eigenvalue weighted by molar-refractivity contribution is 6.74. The summed E-state index contributed by atoms with van der Waals surface area (Å²) in [6.45, 7) is 13.1. The third-order valence-electron chi connectivity index (χ3n) is 5.73. The van der Waals surface area contributed by atoms with Gasteiger partial charge in [0.05, 0.1) is 5.69 Å². The number of rotatable bonds is 6. The van der Waals surface area contributed by atoms with E-state index < -0.39 is 8.32 Å². The van der Waals surface area contributed by atoms with E-state index in [1.165, 1.54) is 0 Å². The highest BCUT2D eigenvalue weighted by atomic mass is 35.5. The topological polar surface area (TPSA) is 67.2 Å². The van der Waals surface area contributed by atoms with Gasteiger partial charge in [0.25, 0.3) is 8.32 Å². The van der Waals surface area contributed by atoms with Crippen molar-refractivity contribution in [1.82, 2.24) is 4.98 Å². The maximum atomic E-state index is 9.37. The molecule has 0 amide bonds. The third kappa shape index (κ3) is 5.24. The Morgan fingerprint density at radius 1 is 1.03 bits per heavy atom. The van der Waals surface area contributed by atoms with Crippen molar-refractivity contribution in [2.75, 3.05) is 5.32 Å². The van der Waals surface area contributed by atoms with Crippen LogP contribution in [-0.4, -0.2) is 13.3 Å². The minimum absolute atomic E-state index is 0.0855. The van der Waals surface area contributed by atoms with Crippen molar-refractivity contribution in [3.8, 4) is 23.3 Å². The maximum Gasteiger partial charge on any atom is 0.250 e. The lowest BCUT2D eigenvalue weighted by atomic mass is 10.1. The van der Waals surface area contributed by atoms with Gasteiger partial charge in [0.1, 0.15) is 28.3 Å². The number of nitrogens with zero attached hydrogens (tertiary/aromatic N) is 2. The van der Waals surface area contributed by atoms with Crippen molar-refractivity contribution in [3.63, 3.8) is 0 Å². The second-order valence-electron chi connectivity index (χ2n) is 9.15. The summed E-state index contributed by atoms with van der Waals surface area (Å²) in [5.74, 6) is 2.14. The zero-order valence-electron chi connectivity index (χ0n) is 19.3. The fraction of sp³-hybridized carbons (Fsp3) is 0.280. The van der Waals surface area contributed by atoms with Gasteiger partial charge in [-0.15, -0.1) is 0 Å². The Morgan fingerprint density at radius 3 is 2.34 bits per heavy atom. The van der Waals surface area contributed by atoms with Crippen LogP contribution in [0.4, 0.5) is 11.4 Å². The number of halogens is 1. The van der Waals surface area contributed by atoms with Gasteiger partial charge in [-0.25, -0.2) is 4.98 Å². The van der Waals surface area contributed by atoms with Gasteiger partial charge in [-0.1, -0.05) is 44.5 Å². The fourth-order valence-electron chi connectivity index (χ4n) is 2.81. The number of anilines is 2. The van der Waals surface area contributed by atoms with Crippen LogP contribution in [0.2, 0.25) is 23.3 Å². The quantitative estimate of drug-likeness (QED) is 0.296. The lowest BCUT2D eigenvalue weighted by Gasteiger charge is -2.36. The third-order valence-corrected chi connectivity index (χ3v) is 10.4. The standard InChI is InChI=1S/C25H28ClN3O2Si/c1-17-15-18(11-12-20(17)29-21-13-14-28-24(26)19(21)16-27)30-22-9-7-8-10-23(22)31-32(5,6)25(2,3)4/h7-15H,1-6H3,(H,28,29). The maximum absolute atomic E-state index is 9.37. The van der Waals surface area contributed by atoms with Gasteiger partial charge < -0.3 is 14.5 Å². The van der Waals surface area contributed by atoms with E-state index >= 15 is 0 Å². The molecule has 1 aromatic heterocycles. The first kappa shape index (κ1) is 23.6. The van der Waals surface area contributed by atoms with E-state index in [1.54, 1.807) is 12.3 Å². The molecule has 0 spiro atoms. The Hall–Kier alpha value is -3.01. The second-order valence-corrected chi connectivity index (χ2v) is 14.2. The van der Waals surface area contributed by atoms with Crippen molar-refractivity contribution in [2.45, 2.75) is 45.8 Å². The van der Waals surface area contributed by atoms with Crippen LogP contribution in [-0.2, 0) is 0 Å². The van der Waals surface area contributed by atoms with Crippen LogP contribution >= 0.6 is 11.6 Å². The molecule has 3 aromatic rings. The number of hydrogen-bond acceptors (Lipinski definition) is 5. The van der Waals surface area contributed by atoms with Gasteiger partial charge in [-0.05, 0) is 67.0 Å². The summed E-state index contributed by atoms with van der Waals surface area (Å²) in [6, 6.07) is 17.3. The highest BCUT2D eigenvalue weighted by Gasteiger charge is 2.39. The minimum Gasteiger partial charge on any atom is -0.541 e. The van der Waals surface area contributed by atoms with Gasteiger partial charge in [0.2, 0.25) is 0 Å². The molecule has 0 aliphatic carbocycles. The molecule has 0 bridgehead atoms. The van der Waals surface area contributed by atoms with Crippen molar-refractivity contribution >= 4 is 31.3 Å². The van der Waals surface area contributed by atoms with Crippen LogP contribution in [0, 0.1) is 18.3 Å². The average molecular weight is 466 g/mol. The molecule has 1 heterocycles. The van der Waals surface area contributed by atoms with Gasteiger partial charge >= 0.3 is 0 Å². The molecule has 5 nitrogen and oxygen atoms in total. The van der Waals surface area contributed by atoms with Gasteiger partial charge in [-0.2, -0.15) is 5.26 Å². The Bertz CT molecular complexity index is 1170. The molecule has 0 saturated carbocycles. The number of pyridine rings is 1. The Balaban J connectivity index is 1.83. The Morgan fingerprint density at radius 2 is 1.72 bits per heavy atom. The number of nitriles is 1. The predicted octanol–water partition coefficient (Wildman–Crippen LogP) is 7.84. The summed E-state index contributed by atoms with van der Waals surface area (Å²) in [6.07, 6.45) is 1.57. The van der Waals surface area contributed by atoms with Crippen LogP contribution in [0.1, 0.15) is 31.9 Å². The first-order valence-electron chi connectivity index (χ1n) is 10.4. The largest absolute Gasteiger partial charge is 0.541 e. The monoisotopic (exact) mass is 465 g/mol. The molecular formula is C25H28ClN3O2Si. The van der Waals surface area contributed by atoms with Gasteiger partial charge in [0, 0.05) is 11.9 Å². The molecule has 1 N–H and O–H groups in total. The molecule has 0 aliphatic rings. The van der Waals surface area contributed by atoms with E-state index in [4.69, 9.17) is 20.8 Å². The van der Waals surface area contributed by atoms with Crippen molar-refractivity contribution < 1.29 is 9.16 Å². The average Bonchev–Trinajstić information content (AvgIpc) is 2.70. The lowest BCUT2D eigenvalue weighted by molar-refractivity contribution is 0.429. The molecule has 0 aliphatic heterocycles. The van der Waals surface area contributed by atoms with E-state index in [0.29, 0.717) is 22.7 Å². The molecule has 0 fully saturated rings. The number of hydrogen-bond donors (Lipinski definition) is 1. The van der Waals surface area contributed by atoms with Crippen LogP contribution < -0.4 is 14.5 Å². The Kier molecular flexibility index (Phi) is 6.82. The smallest absolute Gasteiger partial charge is 0.250 e. The summed E-state index contributed by atoms with van der Waals surface area (Å²) in [7, 11) is -2.00. The molecule has 7 heteroatoms. The zero-order chi connectivity index (χ0) is 23.5. The van der Waals surface area contributed by atoms with Crippen LogP contribution in [0.25, 0.3) is 0 Å². The fourth-order valence-corrected chi connectivity index (χ4v) is 4.03. The minimum atomic E-state index is -2.00. The zero-order valence-corrected chi connectivity index (χ0v) is 21.0. The van der Waals surface area contributed by atoms with Crippen molar-refractivity contribution in [2.24, 2.45) is 0 Å². The highest BCUT2D eigenvalue weighted by Crippen LogP contribution is 2.41. The number of aryl methyl sites for hydroxylation is 1. The van der Waals surface area contributed by atoms with Gasteiger partial charge in [-0.3, -0.25) is 0 Å². The number of aromatic nitrogens is 1. The molecule has 0 unspecified atom stereocenters. The molecule has 0 atom stereocenters. The van der Waals surface area contributed by atoms with Crippen LogP contribution in [0.3, 0.4) is 0 Å². The molecule has 2 aromatic carbocycles. The summed E-state index contributed by atoms with van der Waals surface area (Å²) in [5, 5.41) is 12.9. The number of nitrogens with one attached hydrogen (secondary N) is 1. The second kappa shape index (κ2) is 9.23. The van der Waals surface area contributed by atoms with E-state index in [1.807, 2.05) is 49.4 Å². The predicted molar refractivity (Wildman–Crippen MR) is 133 cm³/mol. The summed E-state index contributed by atoms with van der Waals surface area (Å²) >= 11 is 6.04. The van der Waals surface area contributed by atoms with E-state index in [9.17, 15) is 5.26 Å². The molecule has 3 rings (SSSR count). The van der Waals surface area contributed by atoms with E-state index in [2.05, 4.69) is 50.2 Å². The molecule has 32 heavy (non-hydrogen) atoms. The Labute approximate surface area is 196 Å². The lowest BCUT2D eigenvalue weighted by Crippen LogP contribution is -2.43. The number of ether oxygens (including phenoxy) is 1. The van der Waals surface area contributed by atoms with Crippen LogP contribution in [0.15, 0.2) is 54.7 Å². The summed E-state index contributed by atoms with van der Waals surface area (Å²) < 4.78 is 12.7. The van der Waals surface area contributed by atoms with E-state index in [0.717, 1.165) is 17.0 Å². The van der Waals surface area contributed by atoms with E-state index in [-0.39, 0.29) is 10.2 Å². The van der Waals surface area contributed by atoms with Gasteiger partial charge in [0.15, 0.2) is 5.75 Å². The van der Waals surface area contributed by atoms with Crippen molar-refractivity contribution in [1.29, 1.82) is 5.26 Å². The SMILES string of the molecule is Cc1cc(Oc2ccccc2O[Si](C)(C)C(C)(C)C)ccc1Nc1ccnc(Cl)c1C#N. The first-order chi connectivity index (χ1) is 15.0. The van der Waals surface area contributed by atoms with Crippen molar-refractivity contribution in [3.05, 3.63) is 71.0 Å². The molecule has 166 valence electrons. The molecule has 0 saturated heterocycles. The first-order valence-corrected chi connectivity index (χ1v) is 13.7. The summed E-state index contributed by atoms with van der Waals surface area (Å²) in [5.41, 5.74) is 2.73. The normalized spacial score (nSPS) is 11.6. The molecule has 0 radical (unpaired) electrons. The summed E-state index contributed by atoms with van der Waals surface area (Å²) in [4.78, 5) is 3.96. The van der Waals surface area contributed by atoms with Crippen LogP contribution in [0.5, 0.6) is 17.2 Å². The molecular weight excluding hydrogens is 438 g/mol.